The number of hydrogen-bond donors (Lipinski definition) is 1. The van der Waals surface area contributed by atoms with E-state index in [0.717, 1.165) is 10.2 Å². The zero-order chi connectivity index (χ0) is 12.4. The van der Waals surface area contributed by atoms with E-state index in [4.69, 9.17) is 0 Å². The second-order valence-electron chi connectivity index (χ2n) is 3.63. The van der Waals surface area contributed by atoms with Gasteiger partial charge in [-0.25, -0.2) is 0 Å². The molecule has 0 aliphatic heterocycles. The van der Waals surface area contributed by atoms with E-state index in [1.807, 2.05) is 0 Å². The van der Waals surface area contributed by atoms with Gasteiger partial charge in [-0.1, -0.05) is 0 Å². The number of hydrogen-bond acceptors (Lipinski definition) is 2. The van der Waals surface area contributed by atoms with E-state index in [9.17, 15) is 0 Å². The van der Waals surface area contributed by atoms with Gasteiger partial charge in [-0.2, -0.15) is 0 Å². The van der Waals surface area contributed by atoms with Crippen LogP contribution in [0.1, 0.15) is 17.8 Å². The van der Waals surface area contributed by atoms with Crippen molar-refractivity contribution in [2.75, 3.05) is 5.32 Å². The zero-order valence-corrected chi connectivity index (χ0v) is 15.2. The lowest BCUT2D eigenvalue weighted by atomic mass is 10.2. The van der Waals surface area contributed by atoms with Crippen LogP contribution < -0.4 is 5.32 Å². The zero-order valence-electron chi connectivity index (χ0n) is 9.01. The topological polar surface area (TPSA) is 12.0 Å². The number of halogens is 3. The third-order valence-electron chi connectivity index (χ3n) is 2.32. The third kappa shape index (κ3) is 3.68. The van der Waals surface area contributed by atoms with Crippen LogP contribution in [-0.4, -0.2) is 0 Å². The first-order valence-electron chi connectivity index (χ1n) is 5.03. The summed E-state index contributed by atoms with van der Waals surface area (Å²) in [7, 11) is 0. The minimum absolute atomic E-state index is 0.308. The van der Waals surface area contributed by atoms with Gasteiger partial charge in [0, 0.05) is 18.6 Å². The summed E-state index contributed by atoms with van der Waals surface area (Å²) in [4.78, 5) is 1.32. The summed E-state index contributed by atoms with van der Waals surface area (Å²) >= 11 is 11.1. The van der Waals surface area contributed by atoms with Gasteiger partial charge in [0.05, 0.1) is 9.83 Å². The van der Waals surface area contributed by atoms with Crippen LogP contribution >= 0.6 is 65.8 Å². The Morgan fingerprint density at radius 2 is 2.00 bits per heavy atom. The molecular formula is C12H10Br2INS. The smallest absolute Gasteiger partial charge is 0.0702 e. The van der Waals surface area contributed by atoms with Crippen LogP contribution in [0.5, 0.6) is 0 Å². The molecule has 0 saturated heterocycles. The highest BCUT2D eigenvalue weighted by Crippen LogP contribution is 2.32. The Morgan fingerprint density at radius 3 is 2.59 bits per heavy atom. The summed E-state index contributed by atoms with van der Waals surface area (Å²) in [5.41, 5.74) is 1.13. The Labute approximate surface area is 135 Å². The van der Waals surface area contributed by atoms with Gasteiger partial charge in [0.1, 0.15) is 0 Å². The van der Waals surface area contributed by atoms with E-state index in [2.05, 4.69) is 97.0 Å². The standard InChI is InChI=1S/C12H10Br2INS/c1-7(11-4-5-12(14)17-11)16-10-3-2-8(15)6-9(10)13/h2-7,16H,1H3. The summed E-state index contributed by atoms with van der Waals surface area (Å²) in [6.45, 7) is 2.17. The van der Waals surface area contributed by atoms with E-state index >= 15 is 0 Å². The maximum atomic E-state index is 3.58. The Hall–Kier alpha value is 0.410. The third-order valence-corrected chi connectivity index (χ3v) is 5.46. The average Bonchev–Trinajstić information content (AvgIpc) is 2.69. The highest BCUT2D eigenvalue weighted by molar-refractivity contribution is 14.1. The van der Waals surface area contributed by atoms with Crippen molar-refractivity contribution in [3.8, 4) is 0 Å². The molecule has 0 radical (unpaired) electrons. The summed E-state index contributed by atoms with van der Waals surface area (Å²) in [6, 6.07) is 10.9. The number of nitrogens with one attached hydrogen (secondary N) is 1. The van der Waals surface area contributed by atoms with Crippen LogP contribution in [0, 0.1) is 3.57 Å². The van der Waals surface area contributed by atoms with Crippen molar-refractivity contribution in [2.24, 2.45) is 0 Å². The van der Waals surface area contributed by atoms with E-state index in [-0.39, 0.29) is 0 Å². The van der Waals surface area contributed by atoms with Gasteiger partial charge in [0.15, 0.2) is 0 Å². The molecule has 2 rings (SSSR count). The summed E-state index contributed by atoms with van der Waals surface area (Å²) < 4.78 is 3.50. The van der Waals surface area contributed by atoms with Gasteiger partial charge in [-0.3, -0.25) is 0 Å². The Balaban J connectivity index is 2.15. The molecular weight excluding hydrogens is 477 g/mol. The molecule has 1 atom stereocenters. The van der Waals surface area contributed by atoms with E-state index in [0.29, 0.717) is 6.04 Å². The molecule has 0 amide bonds. The number of benzene rings is 1. The normalized spacial score (nSPS) is 12.5. The molecule has 0 aliphatic rings. The lowest BCUT2D eigenvalue weighted by molar-refractivity contribution is 0.907. The van der Waals surface area contributed by atoms with E-state index < -0.39 is 0 Å². The lowest BCUT2D eigenvalue weighted by Crippen LogP contribution is -2.05. The van der Waals surface area contributed by atoms with E-state index in [1.54, 1.807) is 11.3 Å². The fourth-order valence-electron chi connectivity index (χ4n) is 1.47. The maximum absolute atomic E-state index is 3.58. The predicted molar refractivity (Wildman–Crippen MR) is 90.9 cm³/mol. The van der Waals surface area contributed by atoms with Gasteiger partial charge in [-0.15, -0.1) is 11.3 Å². The van der Waals surface area contributed by atoms with Crippen LogP contribution in [0.3, 0.4) is 0 Å². The molecule has 0 aliphatic carbocycles. The molecule has 0 saturated carbocycles. The summed E-state index contributed by atoms with van der Waals surface area (Å²) in [5.74, 6) is 0. The van der Waals surface area contributed by atoms with Crippen molar-refractivity contribution in [2.45, 2.75) is 13.0 Å². The molecule has 1 N–H and O–H groups in total. The first-order chi connectivity index (χ1) is 8.06. The van der Waals surface area contributed by atoms with Gasteiger partial charge in [0.2, 0.25) is 0 Å². The van der Waals surface area contributed by atoms with Gasteiger partial charge in [-0.05, 0) is 91.7 Å². The Morgan fingerprint density at radius 1 is 1.24 bits per heavy atom. The molecule has 2 aromatic rings. The summed E-state index contributed by atoms with van der Waals surface area (Å²) in [6.07, 6.45) is 0. The SMILES string of the molecule is CC(Nc1ccc(I)cc1Br)c1ccc(Br)s1. The molecule has 90 valence electrons. The van der Waals surface area contributed by atoms with Crippen LogP contribution in [0.15, 0.2) is 38.6 Å². The van der Waals surface area contributed by atoms with Crippen LogP contribution in [0.4, 0.5) is 5.69 Å². The van der Waals surface area contributed by atoms with Crippen molar-refractivity contribution in [1.29, 1.82) is 0 Å². The number of thiophene rings is 1. The Bertz CT molecular complexity index is 527. The van der Waals surface area contributed by atoms with Gasteiger partial charge < -0.3 is 5.32 Å². The predicted octanol–water partition coefficient (Wildman–Crippen LogP) is 6.05. The Kier molecular flexibility index (Phi) is 4.91. The second-order valence-corrected chi connectivity index (χ2v) is 8.23. The molecule has 1 aromatic carbocycles. The van der Waals surface area contributed by atoms with E-state index in [1.165, 1.54) is 12.2 Å². The summed E-state index contributed by atoms with van der Waals surface area (Å²) in [5, 5.41) is 3.51. The molecule has 5 heteroatoms. The van der Waals surface area contributed by atoms with Crippen molar-refractivity contribution in [1.82, 2.24) is 0 Å². The first-order valence-corrected chi connectivity index (χ1v) is 8.51. The fraction of sp³-hybridized carbons (Fsp3) is 0.167. The lowest BCUT2D eigenvalue weighted by Gasteiger charge is -2.15. The largest absolute Gasteiger partial charge is 0.377 e. The number of anilines is 1. The first kappa shape index (κ1) is 13.8. The van der Waals surface area contributed by atoms with Crippen molar-refractivity contribution in [3.05, 3.63) is 47.0 Å². The van der Waals surface area contributed by atoms with Crippen molar-refractivity contribution >= 4 is 71.5 Å². The highest BCUT2D eigenvalue weighted by atomic mass is 127. The second kappa shape index (κ2) is 6.04. The molecule has 0 spiro atoms. The maximum Gasteiger partial charge on any atom is 0.0702 e. The minimum Gasteiger partial charge on any atom is -0.377 e. The molecule has 1 heterocycles. The van der Waals surface area contributed by atoms with Crippen molar-refractivity contribution in [3.63, 3.8) is 0 Å². The van der Waals surface area contributed by atoms with Gasteiger partial charge >= 0.3 is 0 Å². The number of rotatable bonds is 3. The molecule has 1 unspecified atom stereocenters. The highest BCUT2D eigenvalue weighted by Gasteiger charge is 2.09. The molecule has 1 nitrogen and oxygen atoms in total. The monoisotopic (exact) mass is 485 g/mol. The van der Waals surface area contributed by atoms with Crippen LogP contribution in [0.2, 0.25) is 0 Å². The molecule has 0 fully saturated rings. The minimum atomic E-state index is 0.308. The quantitative estimate of drug-likeness (QED) is 0.521. The van der Waals surface area contributed by atoms with Crippen LogP contribution in [-0.2, 0) is 0 Å². The molecule has 0 bridgehead atoms. The van der Waals surface area contributed by atoms with Crippen LogP contribution in [0.25, 0.3) is 0 Å². The average molecular weight is 487 g/mol. The molecule has 1 aromatic heterocycles. The van der Waals surface area contributed by atoms with Gasteiger partial charge in [0.25, 0.3) is 0 Å². The fourth-order valence-corrected chi connectivity index (χ4v) is 4.31. The van der Waals surface area contributed by atoms with Crippen molar-refractivity contribution < 1.29 is 0 Å². The molecule has 17 heavy (non-hydrogen) atoms.